The molecule has 0 amide bonds. The first-order valence-electron chi connectivity index (χ1n) is 8.88. The van der Waals surface area contributed by atoms with Gasteiger partial charge in [-0.15, -0.1) is 0 Å². The Bertz CT molecular complexity index is 601. The van der Waals surface area contributed by atoms with Gasteiger partial charge in [0, 0.05) is 27.4 Å². The molecule has 0 spiro atoms. The molecule has 0 unspecified atom stereocenters. The predicted octanol–water partition coefficient (Wildman–Crippen LogP) is 2.62. The van der Waals surface area contributed by atoms with E-state index in [0.717, 1.165) is 12.1 Å². The lowest BCUT2D eigenvalue weighted by Crippen LogP contribution is -2.53. The Hall–Kier alpha value is -1.07. The van der Waals surface area contributed by atoms with Crippen molar-refractivity contribution in [2.75, 3.05) is 21.3 Å². The molecule has 2 rings (SSSR count). The molecule has 0 N–H and O–H groups in total. The summed E-state index contributed by atoms with van der Waals surface area (Å²) in [5.41, 5.74) is 0. The van der Waals surface area contributed by atoms with Gasteiger partial charge in [0.05, 0.1) is 0 Å². The van der Waals surface area contributed by atoms with Crippen molar-refractivity contribution in [3.05, 3.63) is 60.7 Å². The van der Waals surface area contributed by atoms with Crippen molar-refractivity contribution in [3.8, 4) is 0 Å². The highest BCUT2D eigenvalue weighted by Gasteiger charge is 2.41. The van der Waals surface area contributed by atoms with Crippen LogP contribution in [0.3, 0.4) is 0 Å². The van der Waals surface area contributed by atoms with Gasteiger partial charge in [0.1, 0.15) is 0 Å². The predicted molar refractivity (Wildman–Crippen MR) is 114 cm³/mol. The van der Waals surface area contributed by atoms with Crippen LogP contribution < -0.4 is 10.4 Å². The molecule has 0 radical (unpaired) electrons. The highest BCUT2D eigenvalue weighted by atomic mass is 28.4. The summed E-state index contributed by atoms with van der Waals surface area (Å²) in [7, 11) is -1.23. The van der Waals surface area contributed by atoms with E-state index in [1.54, 1.807) is 21.3 Å². The van der Waals surface area contributed by atoms with Gasteiger partial charge in [-0.25, -0.2) is 0 Å². The van der Waals surface area contributed by atoms with Crippen molar-refractivity contribution < 1.29 is 17.4 Å². The Labute approximate surface area is 161 Å². The van der Waals surface area contributed by atoms with Crippen molar-refractivity contribution in [1.29, 1.82) is 0 Å². The molecule has 0 fully saturated rings. The minimum absolute atomic E-state index is 0.778. The van der Waals surface area contributed by atoms with E-state index in [1.807, 2.05) is 0 Å². The quantitative estimate of drug-likeness (QED) is 0.569. The van der Waals surface area contributed by atoms with Crippen molar-refractivity contribution >= 4 is 36.5 Å². The zero-order valence-corrected chi connectivity index (χ0v) is 19.6. The Morgan fingerprint density at radius 3 is 1.50 bits per heavy atom. The maximum absolute atomic E-state index is 6.87. The molecule has 142 valence electrons. The molecule has 0 aliphatic carbocycles. The van der Waals surface area contributed by atoms with E-state index in [2.05, 4.69) is 73.8 Å². The molecule has 2 aromatic rings. The van der Waals surface area contributed by atoms with Crippen LogP contribution in [0.1, 0.15) is 0 Å². The minimum Gasteiger partial charge on any atom is -0.451 e. The molecular weight excluding hydrogens is 376 g/mol. The van der Waals surface area contributed by atoms with Crippen LogP contribution in [0.5, 0.6) is 0 Å². The van der Waals surface area contributed by atoms with Crippen molar-refractivity contribution in [2.45, 2.75) is 25.2 Å². The van der Waals surface area contributed by atoms with Crippen LogP contribution in [0, 0.1) is 0 Å². The van der Waals surface area contributed by atoms with E-state index in [-0.39, 0.29) is 0 Å². The summed E-state index contributed by atoms with van der Waals surface area (Å²) >= 11 is 0. The van der Waals surface area contributed by atoms with Crippen LogP contribution >= 0.6 is 0 Å². The summed E-state index contributed by atoms with van der Waals surface area (Å²) < 4.78 is 23.6. The first-order chi connectivity index (χ1) is 12.5. The number of rotatable bonds is 10. The SMILES string of the molecule is CO[Si](CC[Si](C)(C)O[SiH](c1ccccc1)c1ccccc1)(OC)OC. The zero-order valence-electron chi connectivity index (χ0n) is 16.4. The van der Waals surface area contributed by atoms with Gasteiger partial charge in [0.2, 0.25) is 9.04 Å². The molecule has 0 heterocycles. The molecule has 26 heavy (non-hydrogen) atoms. The van der Waals surface area contributed by atoms with Crippen molar-refractivity contribution in [1.82, 2.24) is 0 Å². The van der Waals surface area contributed by atoms with E-state index in [0.29, 0.717) is 0 Å². The van der Waals surface area contributed by atoms with Crippen LogP contribution in [0.15, 0.2) is 60.7 Å². The van der Waals surface area contributed by atoms with Gasteiger partial charge < -0.3 is 17.4 Å². The fraction of sp³-hybridized carbons (Fsp3) is 0.368. The van der Waals surface area contributed by atoms with Crippen LogP contribution in [0.2, 0.25) is 25.2 Å². The molecule has 7 heteroatoms. The second-order valence-corrected chi connectivity index (χ2v) is 17.0. The first kappa shape index (κ1) is 21.2. The molecule has 0 aromatic heterocycles. The molecule has 2 aromatic carbocycles. The normalized spacial score (nSPS) is 12.5. The number of hydrogen-bond acceptors (Lipinski definition) is 4. The van der Waals surface area contributed by atoms with Crippen LogP contribution in [0.25, 0.3) is 0 Å². The summed E-state index contributed by atoms with van der Waals surface area (Å²) in [6.45, 7) is 4.55. The summed E-state index contributed by atoms with van der Waals surface area (Å²) in [4.78, 5) is 0. The van der Waals surface area contributed by atoms with Crippen LogP contribution in [0.4, 0.5) is 0 Å². The maximum atomic E-state index is 6.87. The van der Waals surface area contributed by atoms with E-state index < -0.39 is 26.2 Å². The number of benzene rings is 2. The molecule has 4 nitrogen and oxygen atoms in total. The fourth-order valence-electron chi connectivity index (χ4n) is 2.97. The summed E-state index contributed by atoms with van der Waals surface area (Å²) in [5, 5.41) is 2.63. The monoisotopic (exact) mass is 406 g/mol. The Balaban J connectivity index is 2.19. The third kappa shape index (κ3) is 5.71. The van der Waals surface area contributed by atoms with Gasteiger partial charge in [-0.2, -0.15) is 0 Å². The van der Waals surface area contributed by atoms with Gasteiger partial charge >= 0.3 is 8.80 Å². The van der Waals surface area contributed by atoms with Crippen molar-refractivity contribution in [3.63, 3.8) is 0 Å². The second-order valence-electron chi connectivity index (χ2n) is 6.87. The molecular formula is C19H30O4Si3. The summed E-state index contributed by atoms with van der Waals surface area (Å²) in [5.74, 6) is 0. The molecule has 0 atom stereocenters. The molecule has 0 saturated carbocycles. The lowest BCUT2D eigenvalue weighted by atomic mass is 10.4. The van der Waals surface area contributed by atoms with Gasteiger partial charge in [-0.05, 0) is 29.5 Å². The topological polar surface area (TPSA) is 36.9 Å². The third-order valence-corrected chi connectivity index (χ3v) is 14.8. The van der Waals surface area contributed by atoms with Gasteiger partial charge in [0.15, 0.2) is 8.32 Å². The standard InChI is InChI=1S/C19H30O4Si3/c1-20-26(21-2,22-3)17-16-25(4,5)23-24(18-12-8-6-9-13-18)19-14-10-7-11-15-19/h6-15,24H,16-17H2,1-5H3. The van der Waals surface area contributed by atoms with E-state index in [4.69, 9.17) is 17.4 Å². The summed E-state index contributed by atoms with van der Waals surface area (Å²) in [6, 6.07) is 22.9. The minimum atomic E-state index is -2.57. The lowest BCUT2D eigenvalue weighted by Gasteiger charge is -2.32. The smallest absolute Gasteiger partial charge is 0.451 e. The highest BCUT2D eigenvalue weighted by Crippen LogP contribution is 2.23. The molecule has 0 bridgehead atoms. The highest BCUT2D eigenvalue weighted by molar-refractivity contribution is 6.89. The van der Waals surface area contributed by atoms with Gasteiger partial charge in [-0.1, -0.05) is 60.7 Å². The summed E-state index contributed by atoms with van der Waals surface area (Å²) in [6.07, 6.45) is 0. The average molecular weight is 407 g/mol. The Morgan fingerprint density at radius 1 is 0.692 bits per heavy atom. The number of hydrogen-bond donors (Lipinski definition) is 0. The largest absolute Gasteiger partial charge is 0.499 e. The van der Waals surface area contributed by atoms with E-state index >= 15 is 0 Å². The fourth-order valence-corrected chi connectivity index (χ4v) is 13.4. The Kier molecular flexibility index (Phi) is 7.96. The van der Waals surface area contributed by atoms with Crippen LogP contribution in [-0.4, -0.2) is 47.5 Å². The Morgan fingerprint density at radius 2 is 1.12 bits per heavy atom. The van der Waals surface area contributed by atoms with Crippen LogP contribution in [-0.2, 0) is 17.4 Å². The molecule has 0 saturated heterocycles. The van der Waals surface area contributed by atoms with Crippen molar-refractivity contribution in [2.24, 2.45) is 0 Å². The third-order valence-electron chi connectivity index (χ3n) is 4.61. The zero-order chi connectivity index (χ0) is 19.0. The van der Waals surface area contributed by atoms with Gasteiger partial charge in [-0.3, -0.25) is 0 Å². The maximum Gasteiger partial charge on any atom is 0.499 e. The van der Waals surface area contributed by atoms with Gasteiger partial charge in [0.25, 0.3) is 0 Å². The average Bonchev–Trinajstić information content (AvgIpc) is 2.69. The van der Waals surface area contributed by atoms with E-state index in [9.17, 15) is 0 Å². The second kappa shape index (κ2) is 9.75. The molecule has 0 aliphatic rings. The van der Waals surface area contributed by atoms with E-state index in [1.165, 1.54) is 10.4 Å². The molecule has 0 aliphatic heterocycles. The first-order valence-corrected chi connectivity index (χ1v) is 15.6. The lowest BCUT2D eigenvalue weighted by molar-refractivity contribution is 0.125.